The Balaban J connectivity index is 1.63. The van der Waals surface area contributed by atoms with E-state index in [1.807, 2.05) is 12.1 Å². The van der Waals surface area contributed by atoms with Crippen LogP contribution in [0.5, 0.6) is 5.75 Å². The van der Waals surface area contributed by atoms with Crippen molar-refractivity contribution in [1.82, 2.24) is 10.2 Å². The van der Waals surface area contributed by atoms with Crippen LogP contribution in [0.2, 0.25) is 0 Å². The fourth-order valence-electron chi connectivity index (χ4n) is 2.73. The molecule has 0 aromatic heterocycles. The molecule has 1 aliphatic rings. The largest absolute Gasteiger partial charge is 0.493 e. The number of ether oxygens (including phenoxy) is 1. The molecule has 1 aromatic rings. The van der Waals surface area contributed by atoms with Crippen molar-refractivity contribution >= 4 is 11.6 Å². The minimum atomic E-state index is 0.0434. The van der Waals surface area contributed by atoms with Crippen molar-refractivity contribution in [1.29, 1.82) is 0 Å². The first-order chi connectivity index (χ1) is 10.2. The highest BCUT2D eigenvalue weighted by Crippen LogP contribution is 2.16. The average Bonchev–Trinajstić information content (AvgIpc) is 2.92. The molecule has 1 aromatic carbocycles. The van der Waals surface area contributed by atoms with E-state index in [1.54, 1.807) is 12.1 Å². The minimum Gasteiger partial charge on any atom is -0.493 e. The molecule has 1 unspecified atom stereocenters. The van der Waals surface area contributed by atoms with Crippen molar-refractivity contribution in [2.75, 3.05) is 32.0 Å². The number of anilines is 1. The van der Waals surface area contributed by atoms with Crippen LogP contribution in [0.1, 0.15) is 26.2 Å². The molecule has 1 saturated heterocycles. The molecule has 5 nitrogen and oxygen atoms in total. The molecule has 0 bridgehead atoms. The lowest BCUT2D eigenvalue weighted by atomic mass is 10.2. The van der Waals surface area contributed by atoms with Gasteiger partial charge in [-0.2, -0.15) is 0 Å². The summed E-state index contributed by atoms with van der Waals surface area (Å²) < 4.78 is 5.52. The molecule has 0 spiro atoms. The Morgan fingerprint density at radius 2 is 2.38 bits per heavy atom. The van der Waals surface area contributed by atoms with Gasteiger partial charge in [-0.15, -0.1) is 0 Å². The standard InChI is InChI=1S/C16H25N3O2/c1-2-19-9-4-6-14(19)12-18-16(20)8-10-21-15-7-3-5-13(17)11-15/h3,5,7,11,14H,2,4,6,8-10,12,17H2,1H3,(H,18,20). The summed E-state index contributed by atoms with van der Waals surface area (Å²) in [6, 6.07) is 7.74. The lowest BCUT2D eigenvalue weighted by Gasteiger charge is -2.22. The number of carbonyl (C=O) groups excluding carboxylic acids is 1. The van der Waals surface area contributed by atoms with Gasteiger partial charge in [0, 0.05) is 24.3 Å². The second kappa shape index (κ2) is 7.88. The van der Waals surface area contributed by atoms with Gasteiger partial charge in [-0.3, -0.25) is 9.69 Å². The Bertz CT molecular complexity index is 465. The first-order valence-corrected chi connectivity index (χ1v) is 7.68. The molecule has 1 heterocycles. The van der Waals surface area contributed by atoms with Gasteiger partial charge in [0.1, 0.15) is 5.75 Å². The summed E-state index contributed by atoms with van der Waals surface area (Å²) in [4.78, 5) is 14.2. The SMILES string of the molecule is CCN1CCCC1CNC(=O)CCOc1cccc(N)c1. The number of rotatable bonds is 7. The third-order valence-electron chi connectivity index (χ3n) is 3.90. The number of likely N-dealkylation sites (tertiary alicyclic amines) is 1. The Morgan fingerprint density at radius 3 is 3.14 bits per heavy atom. The lowest BCUT2D eigenvalue weighted by molar-refractivity contribution is -0.121. The first-order valence-electron chi connectivity index (χ1n) is 7.68. The molecule has 5 heteroatoms. The molecule has 21 heavy (non-hydrogen) atoms. The predicted molar refractivity (Wildman–Crippen MR) is 84.2 cm³/mol. The van der Waals surface area contributed by atoms with E-state index >= 15 is 0 Å². The van der Waals surface area contributed by atoms with E-state index in [-0.39, 0.29) is 5.91 Å². The van der Waals surface area contributed by atoms with Crippen LogP contribution in [0, 0.1) is 0 Å². The minimum absolute atomic E-state index is 0.0434. The number of nitrogens with one attached hydrogen (secondary N) is 1. The topological polar surface area (TPSA) is 67.6 Å². The second-order valence-corrected chi connectivity index (χ2v) is 5.40. The Hall–Kier alpha value is -1.75. The molecule has 0 saturated carbocycles. The van der Waals surface area contributed by atoms with Crippen LogP contribution < -0.4 is 15.8 Å². The van der Waals surface area contributed by atoms with Gasteiger partial charge in [-0.25, -0.2) is 0 Å². The zero-order valence-electron chi connectivity index (χ0n) is 12.7. The van der Waals surface area contributed by atoms with E-state index in [0.29, 0.717) is 30.5 Å². The Labute approximate surface area is 126 Å². The number of hydrogen-bond donors (Lipinski definition) is 2. The third-order valence-corrected chi connectivity index (χ3v) is 3.90. The van der Waals surface area contributed by atoms with Crippen LogP contribution >= 0.6 is 0 Å². The molecule has 3 N–H and O–H groups in total. The summed E-state index contributed by atoms with van der Waals surface area (Å²) in [6.45, 7) is 5.48. The van der Waals surface area contributed by atoms with Crippen LogP contribution in [0.4, 0.5) is 5.69 Å². The van der Waals surface area contributed by atoms with Crippen LogP contribution in [0.3, 0.4) is 0 Å². The highest BCUT2D eigenvalue weighted by atomic mass is 16.5. The van der Waals surface area contributed by atoms with Gasteiger partial charge in [-0.1, -0.05) is 13.0 Å². The maximum absolute atomic E-state index is 11.8. The fraction of sp³-hybridized carbons (Fsp3) is 0.562. The van der Waals surface area contributed by atoms with Crippen LogP contribution in [0.15, 0.2) is 24.3 Å². The van der Waals surface area contributed by atoms with Crippen molar-refractivity contribution in [3.63, 3.8) is 0 Å². The molecule has 116 valence electrons. The molecule has 0 aliphatic carbocycles. The van der Waals surface area contributed by atoms with Crippen LogP contribution in [-0.4, -0.2) is 43.1 Å². The van der Waals surface area contributed by atoms with Crippen molar-refractivity contribution in [2.24, 2.45) is 0 Å². The maximum Gasteiger partial charge on any atom is 0.223 e. The number of amides is 1. The van der Waals surface area contributed by atoms with Gasteiger partial charge in [0.2, 0.25) is 5.91 Å². The van der Waals surface area contributed by atoms with E-state index in [2.05, 4.69) is 17.1 Å². The first kappa shape index (κ1) is 15.6. The van der Waals surface area contributed by atoms with Gasteiger partial charge >= 0.3 is 0 Å². The van der Waals surface area contributed by atoms with Crippen molar-refractivity contribution in [2.45, 2.75) is 32.2 Å². The summed E-state index contributed by atoms with van der Waals surface area (Å²) in [5.74, 6) is 0.748. The number of nitrogens with zero attached hydrogens (tertiary/aromatic N) is 1. The Kier molecular flexibility index (Phi) is 5.87. The number of nitrogen functional groups attached to an aromatic ring is 1. The quantitative estimate of drug-likeness (QED) is 0.749. The number of benzene rings is 1. The van der Waals surface area contributed by atoms with Gasteiger partial charge < -0.3 is 15.8 Å². The van der Waals surface area contributed by atoms with E-state index in [4.69, 9.17) is 10.5 Å². The lowest BCUT2D eigenvalue weighted by Crippen LogP contribution is -2.40. The zero-order chi connectivity index (χ0) is 15.1. The number of carbonyl (C=O) groups is 1. The normalized spacial score (nSPS) is 18.6. The highest BCUT2D eigenvalue weighted by Gasteiger charge is 2.22. The summed E-state index contributed by atoms with van der Waals surface area (Å²) in [5, 5.41) is 3.00. The van der Waals surface area contributed by atoms with Crippen LogP contribution in [0.25, 0.3) is 0 Å². The van der Waals surface area contributed by atoms with E-state index < -0.39 is 0 Å². The summed E-state index contributed by atoms with van der Waals surface area (Å²) >= 11 is 0. The molecule has 2 rings (SSSR count). The van der Waals surface area contributed by atoms with Gasteiger partial charge in [-0.05, 0) is 38.1 Å². The van der Waals surface area contributed by atoms with Crippen molar-refractivity contribution in [3.05, 3.63) is 24.3 Å². The maximum atomic E-state index is 11.8. The number of likely N-dealkylation sites (N-methyl/N-ethyl adjacent to an activating group) is 1. The second-order valence-electron chi connectivity index (χ2n) is 5.40. The zero-order valence-corrected chi connectivity index (χ0v) is 12.7. The monoisotopic (exact) mass is 291 g/mol. The highest BCUT2D eigenvalue weighted by molar-refractivity contribution is 5.76. The van der Waals surface area contributed by atoms with Gasteiger partial charge in [0.05, 0.1) is 13.0 Å². The summed E-state index contributed by atoms with van der Waals surface area (Å²) in [6.07, 6.45) is 2.77. The molecule has 1 amide bonds. The molecule has 0 radical (unpaired) electrons. The molecule has 1 atom stereocenters. The average molecular weight is 291 g/mol. The molecule has 1 aliphatic heterocycles. The fourth-order valence-corrected chi connectivity index (χ4v) is 2.73. The van der Waals surface area contributed by atoms with Crippen molar-refractivity contribution in [3.8, 4) is 5.75 Å². The van der Waals surface area contributed by atoms with Gasteiger partial charge in [0.25, 0.3) is 0 Å². The predicted octanol–water partition coefficient (Wildman–Crippen LogP) is 1.64. The Morgan fingerprint density at radius 1 is 1.52 bits per heavy atom. The number of hydrogen-bond acceptors (Lipinski definition) is 4. The van der Waals surface area contributed by atoms with Gasteiger partial charge in [0.15, 0.2) is 0 Å². The molecular weight excluding hydrogens is 266 g/mol. The molecular formula is C16H25N3O2. The third kappa shape index (κ3) is 4.93. The van der Waals surface area contributed by atoms with E-state index in [9.17, 15) is 4.79 Å². The molecule has 1 fully saturated rings. The van der Waals surface area contributed by atoms with Crippen molar-refractivity contribution < 1.29 is 9.53 Å². The summed E-state index contributed by atoms with van der Waals surface area (Å²) in [5.41, 5.74) is 6.33. The summed E-state index contributed by atoms with van der Waals surface area (Å²) in [7, 11) is 0. The van der Waals surface area contributed by atoms with E-state index in [1.165, 1.54) is 12.8 Å². The smallest absolute Gasteiger partial charge is 0.223 e. The van der Waals surface area contributed by atoms with E-state index in [0.717, 1.165) is 19.6 Å². The van der Waals surface area contributed by atoms with Crippen LogP contribution in [-0.2, 0) is 4.79 Å². The number of nitrogens with two attached hydrogens (primary N) is 1.